The number of aliphatic hydroxyl groups is 1. The fourth-order valence-electron chi connectivity index (χ4n) is 2.68. The van der Waals surface area contributed by atoms with Crippen molar-refractivity contribution in [3.05, 3.63) is 29.3 Å². The normalized spacial score (nSPS) is 22.7. The molecular weight excluding hydrogens is 256 g/mol. The minimum absolute atomic E-state index is 0.0930. The van der Waals surface area contributed by atoms with Crippen molar-refractivity contribution >= 4 is 0 Å². The summed E-state index contributed by atoms with van der Waals surface area (Å²) in [6.45, 7) is 1.53. The Labute approximate surface area is 119 Å². The van der Waals surface area contributed by atoms with Gasteiger partial charge in [0.2, 0.25) is 0 Å². The third-order valence-corrected chi connectivity index (χ3v) is 3.82. The zero-order chi connectivity index (χ0) is 14.5. The van der Waals surface area contributed by atoms with Crippen LogP contribution in [0, 0.1) is 11.3 Å². The van der Waals surface area contributed by atoms with Gasteiger partial charge in [-0.25, -0.2) is 0 Å². The Kier molecular flexibility index (Phi) is 4.96. The summed E-state index contributed by atoms with van der Waals surface area (Å²) in [4.78, 5) is 2.17. The Balaban J connectivity index is 2.18. The van der Waals surface area contributed by atoms with Gasteiger partial charge in [0.25, 0.3) is 0 Å². The van der Waals surface area contributed by atoms with Crippen molar-refractivity contribution in [2.45, 2.75) is 25.1 Å². The van der Waals surface area contributed by atoms with Gasteiger partial charge in [0.05, 0.1) is 31.5 Å². The predicted octanol–water partition coefficient (Wildman–Crippen LogP) is 1.15. The first-order valence-electron chi connectivity index (χ1n) is 6.66. The van der Waals surface area contributed by atoms with E-state index < -0.39 is 0 Å². The van der Waals surface area contributed by atoms with E-state index in [2.05, 4.69) is 11.0 Å². The van der Waals surface area contributed by atoms with Gasteiger partial charge in [-0.2, -0.15) is 5.26 Å². The average molecular weight is 276 g/mol. The maximum atomic E-state index is 9.47. The molecule has 5 nitrogen and oxygen atoms in total. The minimum atomic E-state index is 0.0930. The van der Waals surface area contributed by atoms with Crippen LogP contribution in [0.1, 0.15) is 17.5 Å². The van der Waals surface area contributed by atoms with Gasteiger partial charge < -0.3 is 14.6 Å². The lowest BCUT2D eigenvalue weighted by atomic mass is 10.1. The Morgan fingerprint density at radius 3 is 2.85 bits per heavy atom. The number of benzene rings is 1. The van der Waals surface area contributed by atoms with Crippen LogP contribution in [0.25, 0.3) is 0 Å². The molecule has 0 aliphatic carbocycles. The standard InChI is InChI=1S/C15H20N2O3/c1-19-14-6-13(10-18)17(9-14)8-12-5-11(7-16)3-4-15(12)20-2/h3-5,13-14,18H,6,8-10H2,1-2H3/t13-,14+/m0/s1. The highest BCUT2D eigenvalue weighted by Gasteiger charge is 2.31. The smallest absolute Gasteiger partial charge is 0.123 e. The van der Waals surface area contributed by atoms with Crippen molar-refractivity contribution in [1.29, 1.82) is 5.26 Å². The van der Waals surface area contributed by atoms with Crippen LogP contribution in [0.5, 0.6) is 5.75 Å². The average Bonchev–Trinajstić information content (AvgIpc) is 2.89. The minimum Gasteiger partial charge on any atom is -0.496 e. The summed E-state index contributed by atoms with van der Waals surface area (Å²) in [7, 11) is 3.32. The topological polar surface area (TPSA) is 65.7 Å². The van der Waals surface area contributed by atoms with Crippen molar-refractivity contribution in [2.75, 3.05) is 27.4 Å². The molecule has 1 aromatic carbocycles. The summed E-state index contributed by atoms with van der Waals surface area (Å²) in [6, 6.07) is 7.63. The van der Waals surface area contributed by atoms with Gasteiger partial charge in [0.15, 0.2) is 0 Å². The van der Waals surface area contributed by atoms with E-state index in [9.17, 15) is 5.11 Å². The molecule has 1 aliphatic heterocycles. The van der Waals surface area contributed by atoms with Crippen LogP contribution in [0.3, 0.4) is 0 Å². The second kappa shape index (κ2) is 6.71. The first kappa shape index (κ1) is 14.8. The monoisotopic (exact) mass is 276 g/mol. The molecule has 1 N–H and O–H groups in total. The fourth-order valence-corrected chi connectivity index (χ4v) is 2.68. The molecule has 1 aliphatic rings. The molecule has 0 bridgehead atoms. The number of aliphatic hydroxyl groups excluding tert-OH is 1. The van der Waals surface area contributed by atoms with Gasteiger partial charge in [-0.3, -0.25) is 4.90 Å². The summed E-state index contributed by atoms with van der Waals surface area (Å²) in [5.41, 5.74) is 1.57. The largest absolute Gasteiger partial charge is 0.496 e. The molecule has 0 amide bonds. The van der Waals surface area contributed by atoms with Crippen LogP contribution in [-0.4, -0.2) is 49.5 Å². The van der Waals surface area contributed by atoms with E-state index in [-0.39, 0.29) is 18.8 Å². The summed E-state index contributed by atoms with van der Waals surface area (Å²) in [5.74, 6) is 0.765. The molecule has 0 spiro atoms. The highest BCUT2D eigenvalue weighted by Crippen LogP contribution is 2.26. The lowest BCUT2D eigenvalue weighted by Gasteiger charge is -2.23. The van der Waals surface area contributed by atoms with Gasteiger partial charge in [0, 0.05) is 31.8 Å². The molecule has 1 fully saturated rings. The number of hydrogen-bond acceptors (Lipinski definition) is 5. The lowest BCUT2D eigenvalue weighted by Crippen LogP contribution is -2.32. The Bertz CT molecular complexity index is 498. The highest BCUT2D eigenvalue weighted by atomic mass is 16.5. The molecule has 0 radical (unpaired) electrons. The maximum absolute atomic E-state index is 9.47. The first-order valence-corrected chi connectivity index (χ1v) is 6.66. The number of nitriles is 1. The Morgan fingerprint density at radius 1 is 1.45 bits per heavy atom. The summed E-state index contributed by atoms with van der Waals surface area (Å²) in [6.07, 6.45) is 0.977. The summed E-state index contributed by atoms with van der Waals surface area (Å²) >= 11 is 0. The number of rotatable bonds is 5. The first-order chi connectivity index (χ1) is 9.71. The van der Waals surface area contributed by atoms with Crippen molar-refractivity contribution in [1.82, 2.24) is 4.90 Å². The van der Waals surface area contributed by atoms with E-state index in [1.807, 2.05) is 12.1 Å². The molecule has 1 saturated heterocycles. The number of nitrogens with zero attached hydrogens (tertiary/aromatic N) is 2. The van der Waals surface area contributed by atoms with Crippen molar-refractivity contribution < 1.29 is 14.6 Å². The molecule has 1 aromatic rings. The molecule has 20 heavy (non-hydrogen) atoms. The van der Waals surface area contributed by atoms with Gasteiger partial charge in [0.1, 0.15) is 5.75 Å². The van der Waals surface area contributed by atoms with E-state index in [0.717, 1.165) is 24.3 Å². The number of methoxy groups -OCH3 is 2. The van der Waals surface area contributed by atoms with Gasteiger partial charge in [-0.1, -0.05) is 0 Å². The molecule has 2 rings (SSSR count). The van der Waals surface area contributed by atoms with Gasteiger partial charge >= 0.3 is 0 Å². The molecule has 0 aromatic heterocycles. The summed E-state index contributed by atoms with van der Waals surface area (Å²) < 4.78 is 10.7. The predicted molar refractivity (Wildman–Crippen MR) is 74.4 cm³/mol. The van der Waals surface area contributed by atoms with E-state index in [0.29, 0.717) is 12.1 Å². The fraction of sp³-hybridized carbons (Fsp3) is 0.533. The number of ether oxygens (including phenoxy) is 2. The Hall–Kier alpha value is -1.61. The maximum Gasteiger partial charge on any atom is 0.123 e. The molecule has 1 heterocycles. The second-order valence-electron chi connectivity index (χ2n) is 5.00. The van der Waals surface area contributed by atoms with Crippen LogP contribution in [0.2, 0.25) is 0 Å². The van der Waals surface area contributed by atoms with Crippen LogP contribution in [0.15, 0.2) is 18.2 Å². The zero-order valence-electron chi connectivity index (χ0n) is 11.9. The molecular formula is C15H20N2O3. The van der Waals surface area contributed by atoms with Crippen LogP contribution in [0.4, 0.5) is 0 Å². The highest BCUT2D eigenvalue weighted by molar-refractivity contribution is 5.42. The van der Waals surface area contributed by atoms with E-state index in [4.69, 9.17) is 14.7 Å². The molecule has 0 unspecified atom stereocenters. The number of likely N-dealkylation sites (tertiary alicyclic amines) is 1. The Morgan fingerprint density at radius 2 is 2.25 bits per heavy atom. The summed E-state index contributed by atoms with van der Waals surface area (Å²) in [5, 5.41) is 18.5. The zero-order valence-corrected chi connectivity index (χ0v) is 11.9. The van der Waals surface area contributed by atoms with E-state index in [1.165, 1.54) is 0 Å². The van der Waals surface area contributed by atoms with Crippen molar-refractivity contribution in [3.8, 4) is 11.8 Å². The van der Waals surface area contributed by atoms with Crippen LogP contribution < -0.4 is 4.74 Å². The van der Waals surface area contributed by atoms with Gasteiger partial charge in [-0.15, -0.1) is 0 Å². The quantitative estimate of drug-likeness (QED) is 0.874. The van der Waals surface area contributed by atoms with Crippen molar-refractivity contribution in [2.24, 2.45) is 0 Å². The van der Waals surface area contributed by atoms with Gasteiger partial charge in [-0.05, 0) is 24.6 Å². The lowest BCUT2D eigenvalue weighted by molar-refractivity contribution is 0.107. The third-order valence-electron chi connectivity index (χ3n) is 3.82. The third kappa shape index (κ3) is 3.10. The molecule has 108 valence electrons. The van der Waals surface area contributed by atoms with Crippen LogP contribution >= 0.6 is 0 Å². The molecule has 2 atom stereocenters. The van der Waals surface area contributed by atoms with E-state index in [1.54, 1.807) is 20.3 Å². The molecule has 5 heteroatoms. The SMILES string of the molecule is COc1ccc(C#N)cc1CN1C[C@H](OC)C[C@H]1CO. The van der Waals surface area contributed by atoms with Crippen LogP contribution in [-0.2, 0) is 11.3 Å². The second-order valence-corrected chi connectivity index (χ2v) is 5.00. The number of hydrogen-bond donors (Lipinski definition) is 1. The molecule has 0 saturated carbocycles. The van der Waals surface area contributed by atoms with Crippen molar-refractivity contribution in [3.63, 3.8) is 0 Å². The van der Waals surface area contributed by atoms with E-state index >= 15 is 0 Å².